The maximum atomic E-state index is 12.9. The molecule has 254 valence electrons. The second-order valence-corrected chi connectivity index (χ2v) is 11.8. The smallest absolute Gasteiger partial charge is 0.405 e. The van der Waals surface area contributed by atoms with Crippen molar-refractivity contribution in [2.24, 2.45) is 0 Å². The molecule has 5 aromatic rings. The predicted octanol–water partition coefficient (Wildman–Crippen LogP) is 4.88. The number of hydrogen-bond donors (Lipinski definition) is 6. The second kappa shape index (κ2) is 16.4. The number of phenolic OH excluding ortho intramolecular Hbond substituents is 1. The van der Waals surface area contributed by atoms with Crippen LogP contribution >= 0.6 is 0 Å². The van der Waals surface area contributed by atoms with Crippen LogP contribution in [0, 0.1) is 0 Å². The Hall–Kier alpha value is -5.65. The Morgan fingerprint density at radius 2 is 1.63 bits per heavy atom. The van der Waals surface area contributed by atoms with E-state index in [2.05, 4.69) is 15.6 Å². The van der Waals surface area contributed by atoms with Crippen LogP contribution in [0.5, 0.6) is 11.5 Å². The number of phenols is 1. The second-order valence-electron chi connectivity index (χ2n) is 11.8. The molecule has 0 spiro atoms. The molecule has 2 unspecified atom stereocenters. The molecule has 4 aromatic carbocycles. The molecule has 0 aliphatic heterocycles. The highest BCUT2D eigenvalue weighted by atomic mass is 16.5. The third-order valence-electron chi connectivity index (χ3n) is 8.25. The summed E-state index contributed by atoms with van der Waals surface area (Å²) in [6.07, 6.45) is -1.01. The van der Waals surface area contributed by atoms with Crippen molar-refractivity contribution in [2.75, 3.05) is 26.7 Å². The summed E-state index contributed by atoms with van der Waals surface area (Å²) in [4.78, 5) is 40.3. The van der Waals surface area contributed by atoms with Crippen LogP contribution in [0.25, 0.3) is 10.9 Å². The molecule has 1 heterocycles. The highest BCUT2D eigenvalue weighted by Crippen LogP contribution is 2.29. The Balaban J connectivity index is 1.05. The first kappa shape index (κ1) is 34.7. The number of ether oxygens (including phenoxy) is 1. The van der Waals surface area contributed by atoms with Crippen molar-refractivity contribution in [2.45, 2.75) is 31.6 Å². The minimum atomic E-state index is -1.11. The fourth-order valence-electron chi connectivity index (χ4n) is 5.61. The summed E-state index contributed by atoms with van der Waals surface area (Å²) in [5, 5.41) is 36.5. The summed E-state index contributed by atoms with van der Waals surface area (Å²) >= 11 is 0. The first-order valence-corrected chi connectivity index (χ1v) is 16.0. The Bertz CT molecular complexity index is 1930. The molecule has 11 heteroatoms. The average molecular weight is 665 g/mol. The van der Waals surface area contributed by atoms with E-state index in [0.29, 0.717) is 48.3 Å². The van der Waals surface area contributed by atoms with Crippen molar-refractivity contribution >= 4 is 22.9 Å². The van der Waals surface area contributed by atoms with E-state index in [1.165, 1.54) is 12.1 Å². The summed E-state index contributed by atoms with van der Waals surface area (Å²) in [7, 11) is 1.77. The van der Waals surface area contributed by atoms with Crippen LogP contribution in [0.1, 0.15) is 46.4 Å². The molecule has 49 heavy (non-hydrogen) atoms. The number of aliphatic hydroxyl groups excluding tert-OH is 1. The number of fused-ring (bicyclic) bond motifs is 1. The lowest BCUT2D eigenvalue weighted by molar-refractivity contribution is -0.129. The van der Waals surface area contributed by atoms with Gasteiger partial charge in [-0.2, -0.15) is 0 Å². The number of aromatic amines is 1. The fourth-order valence-corrected chi connectivity index (χ4v) is 5.61. The lowest BCUT2D eigenvalue weighted by Crippen LogP contribution is -2.31. The number of pyridine rings is 1. The van der Waals surface area contributed by atoms with Gasteiger partial charge in [0, 0.05) is 31.6 Å². The summed E-state index contributed by atoms with van der Waals surface area (Å²) in [5.41, 5.74) is 3.96. The molecule has 2 atom stereocenters. The minimum absolute atomic E-state index is 0.00616. The molecule has 0 saturated carbocycles. The minimum Gasteiger partial charge on any atom is -0.506 e. The van der Waals surface area contributed by atoms with Crippen molar-refractivity contribution in [3.63, 3.8) is 0 Å². The van der Waals surface area contributed by atoms with Gasteiger partial charge in [-0.1, -0.05) is 72.8 Å². The maximum absolute atomic E-state index is 12.9. The van der Waals surface area contributed by atoms with Crippen molar-refractivity contribution < 1.29 is 29.6 Å². The van der Waals surface area contributed by atoms with E-state index in [-0.39, 0.29) is 30.2 Å². The largest absolute Gasteiger partial charge is 0.506 e. The normalized spacial score (nSPS) is 12.3. The lowest BCUT2D eigenvalue weighted by atomic mass is 9.98. The number of H-pyrrole nitrogens is 1. The van der Waals surface area contributed by atoms with Gasteiger partial charge in [0.2, 0.25) is 11.5 Å². The van der Waals surface area contributed by atoms with E-state index < -0.39 is 18.2 Å². The van der Waals surface area contributed by atoms with E-state index in [9.17, 15) is 29.7 Å². The van der Waals surface area contributed by atoms with Crippen LogP contribution in [-0.4, -0.2) is 63.9 Å². The third kappa shape index (κ3) is 9.47. The van der Waals surface area contributed by atoms with Gasteiger partial charge in [0.05, 0.1) is 24.1 Å². The third-order valence-corrected chi connectivity index (χ3v) is 8.25. The summed E-state index contributed by atoms with van der Waals surface area (Å²) < 4.78 is 6.02. The monoisotopic (exact) mass is 664 g/mol. The zero-order valence-corrected chi connectivity index (χ0v) is 27.1. The molecule has 0 aliphatic rings. The maximum Gasteiger partial charge on any atom is 0.405 e. The van der Waals surface area contributed by atoms with Crippen LogP contribution < -0.4 is 20.9 Å². The van der Waals surface area contributed by atoms with Crippen LogP contribution in [0.4, 0.5) is 4.79 Å². The van der Waals surface area contributed by atoms with E-state index in [1.807, 2.05) is 78.9 Å². The lowest BCUT2D eigenvalue weighted by Gasteiger charge is -2.19. The first-order chi connectivity index (χ1) is 23.7. The van der Waals surface area contributed by atoms with Gasteiger partial charge in [0.25, 0.3) is 0 Å². The zero-order chi connectivity index (χ0) is 34.8. The van der Waals surface area contributed by atoms with Crippen LogP contribution in [0.15, 0.2) is 108 Å². The number of carbonyl (C=O) groups excluding carboxylic acids is 1. The zero-order valence-electron chi connectivity index (χ0n) is 27.1. The SMILES string of the molecule is CN(CCCNCC(O)c1ccc(O)c2[nH]c(=O)ccc12)C(=O)Cc1ccc(COc2cccc(C(NC(=O)O)c3ccccc3)c2)cc1. The van der Waals surface area contributed by atoms with Crippen molar-refractivity contribution in [1.29, 1.82) is 0 Å². The number of likely N-dealkylation sites (N-methyl/N-ethyl adjacent to an activating group) is 1. The summed E-state index contributed by atoms with van der Waals surface area (Å²) in [5.74, 6) is 0.550. The van der Waals surface area contributed by atoms with Gasteiger partial charge in [0.1, 0.15) is 18.1 Å². The number of rotatable bonds is 15. The van der Waals surface area contributed by atoms with E-state index in [4.69, 9.17) is 4.74 Å². The molecular weight excluding hydrogens is 624 g/mol. The Labute approximate surface area is 283 Å². The van der Waals surface area contributed by atoms with Gasteiger partial charge in [-0.15, -0.1) is 0 Å². The van der Waals surface area contributed by atoms with Crippen LogP contribution in [0.2, 0.25) is 0 Å². The van der Waals surface area contributed by atoms with Gasteiger partial charge < -0.3 is 40.6 Å². The Morgan fingerprint density at radius 3 is 2.39 bits per heavy atom. The fraction of sp³-hybridized carbons (Fsp3) is 0.237. The molecule has 0 radical (unpaired) electrons. The molecule has 0 aliphatic carbocycles. The van der Waals surface area contributed by atoms with Gasteiger partial charge >= 0.3 is 6.09 Å². The number of aromatic hydroxyl groups is 1. The van der Waals surface area contributed by atoms with Crippen LogP contribution in [-0.2, 0) is 17.8 Å². The number of carbonyl (C=O) groups is 2. The average Bonchev–Trinajstić information content (AvgIpc) is 3.10. The standard InChI is InChI=1S/C38H40N4O7/c1-42(20-6-19-39-23-33(44)30-15-17-32(43)37-31(30)16-18-34(45)40-37)35(46)21-25-11-13-26(14-12-25)24-49-29-10-5-9-28(22-29)36(41-38(47)48)27-7-3-2-4-8-27/h2-5,7-18,22,33,36,39,41,43-44H,6,19-21,23-24H2,1H3,(H,40,45)(H,47,48). The van der Waals surface area contributed by atoms with Crippen molar-refractivity contribution in [3.05, 3.63) is 141 Å². The molecule has 0 fully saturated rings. The molecule has 0 bridgehead atoms. The van der Waals surface area contributed by atoms with Crippen LogP contribution in [0.3, 0.4) is 0 Å². The number of nitrogens with zero attached hydrogens (tertiary/aromatic N) is 1. The molecule has 11 nitrogen and oxygen atoms in total. The molecule has 2 amide bonds. The Morgan fingerprint density at radius 1 is 0.898 bits per heavy atom. The number of carboxylic acid groups (broad SMARTS) is 1. The predicted molar refractivity (Wildman–Crippen MR) is 187 cm³/mol. The van der Waals surface area contributed by atoms with Crippen molar-refractivity contribution in [3.8, 4) is 11.5 Å². The molecule has 5 rings (SSSR count). The topological polar surface area (TPSA) is 164 Å². The number of benzene rings is 4. The number of aliphatic hydroxyl groups is 1. The van der Waals surface area contributed by atoms with Gasteiger partial charge in [-0.25, -0.2) is 4.79 Å². The summed E-state index contributed by atoms with van der Waals surface area (Å²) in [6.45, 7) is 1.71. The van der Waals surface area contributed by atoms with E-state index >= 15 is 0 Å². The molecular formula is C38H40N4O7. The highest BCUT2D eigenvalue weighted by Gasteiger charge is 2.17. The molecule has 0 saturated heterocycles. The molecule has 1 aromatic heterocycles. The first-order valence-electron chi connectivity index (χ1n) is 16.0. The number of aromatic nitrogens is 1. The van der Waals surface area contributed by atoms with Gasteiger partial charge in [0.15, 0.2) is 0 Å². The number of amides is 2. The van der Waals surface area contributed by atoms with Gasteiger partial charge in [-0.3, -0.25) is 9.59 Å². The van der Waals surface area contributed by atoms with Gasteiger partial charge in [-0.05, 0) is 65.0 Å². The Kier molecular flexibility index (Phi) is 11.6. The highest BCUT2D eigenvalue weighted by molar-refractivity contribution is 5.87. The van der Waals surface area contributed by atoms with E-state index in [1.54, 1.807) is 24.1 Å². The molecule has 6 N–H and O–H groups in total. The van der Waals surface area contributed by atoms with Crippen molar-refractivity contribution in [1.82, 2.24) is 20.5 Å². The number of hydrogen-bond acceptors (Lipinski definition) is 7. The summed E-state index contributed by atoms with van der Waals surface area (Å²) in [6, 6.07) is 29.9. The quantitative estimate of drug-likeness (QED) is 0.0863. The van der Waals surface area contributed by atoms with E-state index in [0.717, 1.165) is 22.3 Å². The number of nitrogens with one attached hydrogen (secondary N) is 3.